The van der Waals surface area contributed by atoms with Crippen LogP contribution in [0.4, 0.5) is 14.5 Å². The third-order valence-corrected chi connectivity index (χ3v) is 2.49. The van der Waals surface area contributed by atoms with Crippen molar-refractivity contribution in [2.45, 2.75) is 0 Å². The molecule has 0 aliphatic carbocycles. The maximum absolute atomic E-state index is 13.5. The number of nitrogens with one attached hydrogen (secondary N) is 1. The summed E-state index contributed by atoms with van der Waals surface area (Å²) in [6.45, 7) is 0. The summed E-state index contributed by atoms with van der Waals surface area (Å²) in [6, 6.07) is 9.07. The number of hydrogen-bond donors (Lipinski definition) is 1. The van der Waals surface area contributed by atoms with E-state index in [0.717, 1.165) is 12.1 Å². The number of hydrogen-bond acceptors (Lipinski definition) is 1. The van der Waals surface area contributed by atoms with Gasteiger partial charge >= 0.3 is 0 Å². The number of rotatable bonds is 2. The molecule has 0 unspecified atom stereocenters. The number of anilines is 1. The Bertz CT molecular complexity index is 601. The molecule has 0 aliphatic rings. The summed E-state index contributed by atoms with van der Waals surface area (Å²) in [4.78, 5) is 11.7. The van der Waals surface area contributed by atoms with Gasteiger partial charge in [0.2, 0.25) is 0 Å². The minimum absolute atomic E-state index is 0.149. The summed E-state index contributed by atoms with van der Waals surface area (Å²) in [6.07, 6.45) is 0. The Kier molecular flexibility index (Phi) is 3.58. The minimum Gasteiger partial charge on any atom is -0.322 e. The summed E-state index contributed by atoms with van der Waals surface area (Å²) in [5, 5.41) is 2.60. The molecule has 0 spiro atoms. The maximum atomic E-state index is 13.5. The topological polar surface area (TPSA) is 29.1 Å². The molecule has 92 valence electrons. The fraction of sp³-hybridized carbons (Fsp3) is 0. The molecule has 0 aliphatic heterocycles. The second kappa shape index (κ2) is 5.14. The maximum Gasteiger partial charge on any atom is 0.258 e. The third kappa shape index (κ3) is 2.84. The lowest BCUT2D eigenvalue weighted by atomic mass is 10.2. The fourth-order valence-corrected chi connectivity index (χ4v) is 1.60. The smallest absolute Gasteiger partial charge is 0.258 e. The Hall–Kier alpha value is -1.94. The van der Waals surface area contributed by atoms with Gasteiger partial charge in [-0.15, -0.1) is 0 Å². The SMILES string of the molecule is O=C(Nc1cccc(F)c1)c1ccc(Cl)cc1F. The number of amides is 1. The molecule has 2 rings (SSSR count). The highest BCUT2D eigenvalue weighted by atomic mass is 35.5. The van der Waals surface area contributed by atoms with Crippen LogP contribution in [-0.4, -0.2) is 5.91 Å². The highest BCUT2D eigenvalue weighted by Gasteiger charge is 2.12. The second-order valence-electron chi connectivity index (χ2n) is 3.59. The molecular weight excluding hydrogens is 260 g/mol. The van der Waals surface area contributed by atoms with Crippen molar-refractivity contribution in [2.24, 2.45) is 0 Å². The van der Waals surface area contributed by atoms with Gasteiger partial charge < -0.3 is 5.32 Å². The molecular formula is C13H8ClF2NO. The summed E-state index contributed by atoms with van der Waals surface area (Å²) in [7, 11) is 0. The zero-order valence-electron chi connectivity index (χ0n) is 9.08. The molecule has 1 amide bonds. The van der Waals surface area contributed by atoms with Gasteiger partial charge in [-0.2, -0.15) is 0 Å². The first-order valence-electron chi connectivity index (χ1n) is 5.08. The average molecular weight is 268 g/mol. The van der Waals surface area contributed by atoms with Crippen LogP contribution < -0.4 is 5.32 Å². The first kappa shape index (κ1) is 12.5. The molecule has 18 heavy (non-hydrogen) atoms. The lowest BCUT2D eigenvalue weighted by Crippen LogP contribution is -2.13. The van der Waals surface area contributed by atoms with Crippen LogP contribution >= 0.6 is 11.6 Å². The highest BCUT2D eigenvalue weighted by Crippen LogP contribution is 2.17. The van der Waals surface area contributed by atoms with Gasteiger partial charge in [0.15, 0.2) is 0 Å². The molecule has 0 saturated heterocycles. The second-order valence-corrected chi connectivity index (χ2v) is 4.03. The van der Waals surface area contributed by atoms with Crippen LogP contribution in [0.2, 0.25) is 5.02 Å². The van der Waals surface area contributed by atoms with Crippen molar-refractivity contribution in [2.75, 3.05) is 5.32 Å². The number of benzene rings is 2. The molecule has 0 atom stereocenters. The molecule has 2 aromatic rings. The summed E-state index contributed by atoms with van der Waals surface area (Å²) in [5.74, 6) is -1.87. The molecule has 0 bridgehead atoms. The predicted molar refractivity (Wildman–Crippen MR) is 65.8 cm³/mol. The molecule has 0 heterocycles. The Morgan fingerprint density at radius 2 is 1.89 bits per heavy atom. The minimum atomic E-state index is -0.726. The lowest BCUT2D eigenvalue weighted by Gasteiger charge is -2.06. The standard InChI is InChI=1S/C13H8ClF2NO/c14-8-4-5-11(12(16)6-8)13(18)17-10-3-1-2-9(15)7-10/h1-7H,(H,17,18). The average Bonchev–Trinajstić information content (AvgIpc) is 2.28. The van der Waals surface area contributed by atoms with Crippen LogP contribution in [0, 0.1) is 11.6 Å². The summed E-state index contributed by atoms with van der Waals surface area (Å²) >= 11 is 5.58. The van der Waals surface area contributed by atoms with Crippen LogP contribution in [0.5, 0.6) is 0 Å². The summed E-state index contributed by atoms with van der Waals surface area (Å²) < 4.78 is 26.4. The van der Waals surface area contributed by atoms with Crippen molar-refractivity contribution in [3.05, 3.63) is 64.7 Å². The number of carbonyl (C=O) groups is 1. The molecule has 2 nitrogen and oxygen atoms in total. The van der Waals surface area contributed by atoms with E-state index in [1.54, 1.807) is 0 Å². The van der Waals surface area contributed by atoms with Crippen molar-refractivity contribution < 1.29 is 13.6 Å². The number of carbonyl (C=O) groups excluding carboxylic acids is 1. The van der Waals surface area contributed by atoms with Crippen LogP contribution in [0.3, 0.4) is 0 Å². The van der Waals surface area contributed by atoms with Crippen LogP contribution in [0.25, 0.3) is 0 Å². The van der Waals surface area contributed by atoms with Gasteiger partial charge in [-0.3, -0.25) is 4.79 Å². The molecule has 0 radical (unpaired) electrons. The van der Waals surface area contributed by atoms with E-state index in [-0.39, 0.29) is 16.3 Å². The van der Waals surface area contributed by atoms with Crippen LogP contribution in [-0.2, 0) is 0 Å². The molecule has 0 aromatic heterocycles. The predicted octanol–water partition coefficient (Wildman–Crippen LogP) is 3.87. The van der Waals surface area contributed by atoms with Crippen molar-refractivity contribution in [3.63, 3.8) is 0 Å². The van der Waals surface area contributed by atoms with E-state index in [1.165, 1.54) is 30.3 Å². The Morgan fingerprint density at radius 3 is 2.56 bits per heavy atom. The first-order valence-corrected chi connectivity index (χ1v) is 5.46. The van der Waals surface area contributed by atoms with Gasteiger partial charge in [0.25, 0.3) is 5.91 Å². The highest BCUT2D eigenvalue weighted by molar-refractivity contribution is 6.30. The molecule has 0 saturated carbocycles. The Labute approximate surface area is 107 Å². The Balaban J connectivity index is 2.22. The van der Waals surface area contributed by atoms with Crippen LogP contribution in [0.1, 0.15) is 10.4 Å². The van der Waals surface area contributed by atoms with Crippen LogP contribution in [0.15, 0.2) is 42.5 Å². The normalized spacial score (nSPS) is 10.2. The molecule has 2 aromatic carbocycles. The zero-order valence-corrected chi connectivity index (χ0v) is 9.84. The van der Waals surface area contributed by atoms with Crippen molar-refractivity contribution in [1.82, 2.24) is 0 Å². The van der Waals surface area contributed by atoms with E-state index >= 15 is 0 Å². The Morgan fingerprint density at radius 1 is 1.11 bits per heavy atom. The van der Waals surface area contributed by atoms with Gasteiger partial charge in [-0.25, -0.2) is 8.78 Å². The molecule has 0 fully saturated rings. The van der Waals surface area contributed by atoms with Crippen molar-refractivity contribution >= 4 is 23.2 Å². The van der Waals surface area contributed by atoms with E-state index in [9.17, 15) is 13.6 Å². The van der Waals surface area contributed by atoms with Gasteiger partial charge in [0, 0.05) is 10.7 Å². The van der Waals surface area contributed by atoms with Gasteiger partial charge in [0.05, 0.1) is 5.56 Å². The lowest BCUT2D eigenvalue weighted by molar-refractivity contribution is 0.102. The van der Waals surface area contributed by atoms with E-state index in [0.29, 0.717) is 0 Å². The van der Waals surface area contributed by atoms with E-state index < -0.39 is 17.5 Å². The van der Waals surface area contributed by atoms with Gasteiger partial charge in [-0.1, -0.05) is 17.7 Å². The van der Waals surface area contributed by atoms with Gasteiger partial charge in [-0.05, 0) is 36.4 Å². The van der Waals surface area contributed by atoms with E-state index in [1.807, 2.05) is 0 Å². The first-order chi connectivity index (χ1) is 8.56. The number of halogens is 3. The molecule has 5 heteroatoms. The van der Waals surface area contributed by atoms with E-state index in [2.05, 4.69) is 5.32 Å². The fourth-order valence-electron chi connectivity index (χ4n) is 1.44. The zero-order chi connectivity index (χ0) is 13.1. The third-order valence-electron chi connectivity index (χ3n) is 2.26. The summed E-state index contributed by atoms with van der Waals surface area (Å²) in [5.41, 5.74) is 0.109. The molecule has 1 N–H and O–H groups in total. The van der Waals surface area contributed by atoms with Crippen molar-refractivity contribution in [3.8, 4) is 0 Å². The largest absolute Gasteiger partial charge is 0.322 e. The monoisotopic (exact) mass is 267 g/mol. The quantitative estimate of drug-likeness (QED) is 0.879. The van der Waals surface area contributed by atoms with Crippen molar-refractivity contribution in [1.29, 1.82) is 0 Å². The van der Waals surface area contributed by atoms with E-state index in [4.69, 9.17) is 11.6 Å². The van der Waals surface area contributed by atoms with Gasteiger partial charge in [0.1, 0.15) is 11.6 Å².